The van der Waals surface area contributed by atoms with E-state index in [1.807, 2.05) is 4.90 Å². The summed E-state index contributed by atoms with van der Waals surface area (Å²) in [6, 6.07) is 4.93. The molecule has 4 fully saturated rings. The number of hydrogen-bond acceptors (Lipinski definition) is 5. The minimum absolute atomic E-state index is 0.0832. The van der Waals surface area contributed by atoms with E-state index in [4.69, 9.17) is 5.73 Å². The molecule has 2 N–H and O–H groups in total. The Balaban J connectivity index is 1.26. The molecule has 176 valence electrons. The van der Waals surface area contributed by atoms with Gasteiger partial charge in [0, 0.05) is 25.2 Å². The van der Waals surface area contributed by atoms with Crippen molar-refractivity contribution in [3.05, 3.63) is 35.4 Å². The molecule has 33 heavy (non-hydrogen) atoms. The number of amides is 2. The Hall–Kier alpha value is -2.64. The van der Waals surface area contributed by atoms with Crippen LogP contribution in [0.2, 0.25) is 0 Å². The maximum atomic E-state index is 13.5. The standard InChI is InChI=1S/C23H26F3N5O2/c1-12(16-4-2-3-5-17(16)23(24,25)26)30-15-8-20(22(30)33)29(10-15)11-18(28)21(32)31-14(9-27)6-13-7-19(13)31/h2-5,12-15,18-20H,6-8,10-11,28H2,1H3/t12-,13+,14-,15-,18-,19-,20-/m0/s1. The first-order valence-electron chi connectivity index (χ1n) is 11.3. The van der Waals surface area contributed by atoms with E-state index in [9.17, 15) is 28.0 Å². The number of benzene rings is 1. The molecule has 7 atom stereocenters. The molecule has 1 aliphatic carbocycles. The molecular formula is C23H26F3N5O2. The molecular weight excluding hydrogens is 435 g/mol. The lowest BCUT2D eigenvalue weighted by Crippen LogP contribution is -2.57. The van der Waals surface area contributed by atoms with E-state index in [1.54, 1.807) is 22.8 Å². The van der Waals surface area contributed by atoms with Crippen LogP contribution in [-0.4, -0.2) is 69.8 Å². The number of halogens is 3. The highest BCUT2D eigenvalue weighted by atomic mass is 19.4. The average molecular weight is 461 g/mol. The number of rotatable bonds is 5. The van der Waals surface area contributed by atoms with Gasteiger partial charge in [0.05, 0.1) is 29.8 Å². The summed E-state index contributed by atoms with van der Waals surface area (Å²) in [5.74, 6) is -0.0930. The minimum Gasteiger partial charge on any atom is -0.330 e. The van der Waals surface area contributed by atoms with Gasteiger partial charge < -0.3 is 15.5 Å². The Morgan fingerprint density at radius 3 is 2.67 bits per heavy atom. The Morgan fingerprint density at radius 1 is 1.27 bits per heavy atom. The molecule has 7 nitrogen and oxygen atoms in total. The number of likely N-dealkylation sites (tertiary alicyclic amines) is 3. The highest BCUT2D eigenvalue weighted by molar-refractivity contribution is 5.87. The van der Waals surface area contributed by atoms with Gasteiger partial charge in [-0.3, -0.25) is 14.5 Å². The summed E-state index contributed by atoms with van der Waals surface area (Å²) >= 11 is 0. The van der Waals surface area contributed by atoms with Crippen LogP contribution < -0.4 is 5.73 Å². The third-order valence-electron chi connectivity index (χ3n) is 7.70. The molecule has 0 radical (unpaired) electrons. The monoisotopic (exact) mass is 461 g/mol. The minimum atomic E-state index is -4.50. The lowest BCUT2D eigenvalue weighted by Gasteiger charge is -2.39. The van der Waals surface area contributed by atoms with Crippen molar-refractivity contribution in [1.82, 2.24) is 14.7 Å². The van der Waals surface area contributed by atoms with Crippen LogP contribution >= 0.6 is 0 Å². The third-order valence-corrected chi connectivity index (χ3v) is 7.70. The number of fused-ring (bicyclic) bond motifs is 3. The molecule has 0 spiro atoms. The molecule has 0 aromatic heterocycles. The highest BCUT2D eigenvalue weighted by Gasteiger charge is 2.56. The SMILES string of the molecule is C[C@@H](c1ccccc1C(F)(F)F)N1C(=O)[C@@H]2C[C@H]1CN2C[C@H](N)C(=O)N1[C@H](C#N)C[C@@H]2C[C@@H]21. The van der Waals surface area contributed by atoms with Crippen molar-refractivity contribution < 1.29 is 22.8 Å². The van der Waals surface area contributed by atoms with E-state index in [0.717, 1.165) is 12.5 Å². The fourth-order valence-electron chi connectivity index (χ4n) is 6.08. The smallest absolute Gasteiger partial charge is 0.330 e. The molecule has 0 unspecified atom stereocenters. The first-order valence-corrected chi connectivity index (χ1v) is 11.3. The van der Waals surface area contributed by atoms with Gasteiger partial charge >= 0.3 is 6.18 Å². The predicted molar refractivity (Wildman–Crippen MR) is 111 cm³/mol. The summed E-state index contributed by atoms with van der Waals surface area (Å²) in [7, 11) is 0. The molecule has 2 bridgehead atoms. The number of piperidine rings is 1. The first-order chi connectivity index (χ1) is 15.6. The molecule has 1 saturated carbocycles. The van der Waals surface area contributed by atoms with E-state index in [1.165, 1.54) is 12.1 Å². The van der Waals surface area contributed by atoms with Crippen LogP contribution in [-0.2, 0) is 15.8 Å². The van der Waals surface area contributed by atoms with Crippen LogP contribution in [0.4, 0.5) is 13.2 Å². The van der Waals surface area contributed by atoms with Crippen molar-refractivity contribution in [1.29, 1.82) is 5.26 Å². The lowest BCUT2D eigenvalue weighted by molar-refractivity contribution is -0.143. The van der Waals surface area contributed by atoms with Gasteiger partial charge in [-0.1, -0.05) is 18.2 Å². The number of hydrogen-bond donors (Lipinski definition) is 1. The topological polar surface area (TPSA) is 93.7 Å². The van der Waals surface area contributed by atoms with Crippen LogP contribution in [0, 0.1) is 17.2 Å². The van der Waals surface area contributed by atoms with Crippen LogP contribution in [0.15, 0.2) is 24.3 Å². The van der Waals surface area contributed by atoms with E-state index < -0.39 is 35.9 Å². The second kappa shape index (κ2) is 7.71. The van der Waals surface area contributed by atoms with Crippen molar-refractivity contribution in [3.8, 4) is 6.07 Å². The van der Waals surface area contributed by atoms with E-state index >= 15 is 0 Å². The van der Waals surface area contributed by atoms with E-state index in [0.29, 0.717) is 25.3 Å². The van der Waals surface area contributed by atoms with Crippen LogP contribution in [0.25, 0.3) is 0 Å². The average Bonchev–Trinajstić information content (AvgIpc) is 3.11. The van der Waals surface area contributed by atoms with Crippen molar-refractivity contribution in [2.45, 2.75) is 68.6 Å². The first kappa shape index (κ1) is 22.2. The predicted octanol–water partition coefficient (Wildman–Crippen LogP) is 1.89. The number of nitrogens with zero attached hydrogens (tertiary/aromatic N) is 4. The second-order valence-corrected chi connectivity index (χ2v) is 9.66. The zero-order valence-corrected chi connectivity index (χ0v) is 18.2. The van der Waals surface area contributed by atoms with Gasteiger partial charge in [0.2, 0.25) is 11.8 Å². The lowest BCUT2D eigenvalue weighted by atomic mass is 9.99. The van der Waals surface area contributed by atoms with Gasteiger partial charge in [-0.25, -0.2) is 0 Å². The van der Waals surface area contributed by atoms with E-state index in [-0.39, 0.29) is 36.0 Å². The van der Waals surface area contributed by atoms with E-state index in [2.05, 4.69) is 6.07 Å². The van der Waals surface area contributed by atoms with Gasteiger partial charge in [-0.05, 0) is 43.7 Å². The normalized spacial score (nSPS) is 32.6. The summed E-state index contributed by atoms with van der Waals surface area (Å²) in [6.07, 6.45) is -2.38. The van der Waals surface area contributed by atoms with Crippen molar-refractivity contribution in [2.24, 2.45) is 11.7 Å². The maximum Gasteiger partial charge on any atom is 0.416 e. The summed E-state index contributed by atoms with van der Waals surface area (Å²) in [6.45, 7) is 2.28. The fraction of sp³-hybridized carbons (Fsp3) is 0.609. The van der Waals surface area contributed by atoms with Crippen molar-refractivity contribution >= 4 is 11.8 Å². The summed E-state index contributed by atoms with van der Waals surface area (Å²) in [4.78, 5) is 31.1. The number of piperazine rings is 1. The zero-order valence-electron chi connectivity index (χ0n) is 18.2. The summed E-state index contributed by atoms with van der Waals surface area (Å²) < 4.78 is 40.5. The number of alkyl halides is 3. The van der Waals surface area contributed by atoms with Crippen molar-refractivity contribution in [2.75, 3.05) is 13.1 Å². The molecule has 5 rings (SSSR count). The molecule has 1 aromatic carbocycles. The van der Waals surface area contributed by atoms with Crippen LogP contribution in [0.1, 0.15) is 43.4 Å². The zero-order chi connectivity index (χ0) is 23.7. The maximum absolute atomic E-state index is 13.5. The molecule has 10 heteroatoms. The summed E-state index contributed by atoms with van der Waals surface area (Å²) in [5.41, 5.74) is 5.57. The number of nitriles is 1. The number of nitrogens with two attached hydrogens (primary N) is 1. The van der Waals surface area contributed by atoms with Crippen LogP contribution in [0.5, 0.6) is 0 Å². The molecule has 3 saturated heterocycles. The quantitative estimate of drug-likeness (QED) is 0.723. The molecule has 3 heterocycles. The molecule has 1 aromatic rings. The van der Waals surface area contributed by atoms with Gasteiger partial charge in [-0.2, -0.15) is 18.4 Å². The van der Waals surface area contributed by atoms with Crippen molar-refractivity contribution in [3.63, 3.8) is 0 Å². The Labute approximate surface area is 189 Å². The third kappa shape index (κ3) is 3.58. The molecule has 3 aliphatic heterocycles. The number of carbonyl (C=O) groups is 2. The largest absolute Gasteiger partial charge is 0.416 e. The molecule has 2 amide bonds. The number of carbonyl (C=O) groups excluding carboxylic acids is 2. The molecule has 4 aliphatic rings. The van der Waals surface area contributed by atoms with Gasteiger partial charge in [0.15, 0.2) is 0 Å². The highest BCUT2D eigenvalue weighted by Crippen LogP contribution is 2.48. The van der Waals surface area contributed by atoms with Gasteiger partial charge in [-0.15, -0.1) is 0 Å². The Morgan fingerprint density at radius 2 is 2.00 bits per heavy atom. The van der Waals surface area contributed by atoms with Gasteiger partial charge in [0.1, 0.15) is 6.04 Å². The second-order valence-electron chi connectivity index (χ2n) is 9.66. The Kier molecular flexibility index (Phi) is 5.18. The summed E-state index contributed by atoms with van der Waals surface area (Å²) in [5, 5.41) is 9.34. The Bertz CT molecular complexity index is 1020. The van der Waals surface area contributed by atoms with Crippen LogP contribution in [0.3, 0.4) is 0 Å². The van der Waals surface area contributed by atoms with Gasteiger partial charge in [0.25, 0.3) is 0 Å². The fourth-order valence-corrected chi connectivity index (χ4v) is 6.08.